The topological polar surface area (TPSA) is 49.6 Å². The minimum atomic E-state index is -0.552. The number of terminal acetylenes is 1. The van der Waals surface area contributed by atoms with Gasteiger partial charge in [0.25, 0.3) is 0 Å². The summed E-state index contributed by atoms with van der Waals surface area (Å²) in [4.78, 5) is 17.8. The predicted molar refractivity (Wildman–Crippen MR) is 82.2 cm³/mol. The van der Waals surface area contributed by atoms with Crippen molar-refractivity contribution in [1.82, 2.24) is 9.80 Å². The molecule has 5 heteroatoms. The lowest BCUT2D eigenvalue weighted by Gasteiger charge is -2.23. The van der Waals surface area contributed by atoms with Crippen LogP contribution >= 0.6 is 11.3 Å². The van der Waals surface area contributed by atoms with E-state index in [1.54, 1.807) is 11.3 Å². The fourth-order valence-electron chi connectivity index (χ4n) is 2.42. The zero-order valence-corrected chi connectivity index (χ0v) is 12.4. The van der Waals surface area contributed by atoms with E-state index in [1.807, 2.05) is 4.90 Å². The Balaban J connectivity index is 1.85. The van der Waals surface area contributed by atoms with Crippen LogP contribution in [0.2, 0.25) is 0 Å². The number of hydrogen-bond donors (Lipinski definition) is 1. The second-order valence-electron chi connectivity index (χ2n) is 5.05. The average Bonchev–Trinajstić information content (AvgIpc) is 2.83. The summed E-state index contributed by atoms with van der Waals surface area (Å²) in [5.41, 5.74) is 5.81. The minimum Gasteiger partial charge on any atom is -0.340 e. The van der Waals surface area contributed by atoms with E-state index in [9.17, 15) is 4.79 Å². The van der Waals surface area contributed by atoms with E-state index in [1.165, 1.54) is 4.88 Å². The molecule has 0 aliphatic carbocycles. The summed E-state index contributed by atoms with van der Waals surface area (Å²) >= 11 is 1.78. The second kappa shape index (κ2) is 7.44. The van der Waals surface area contributed by atoms with Gasteiger partial charge in [-0.2, -0.15) is 0 Å². The molecule has 108 valence electrons. The van der Waals surface area contributed by atoms with E-state index in [4.69, 9.17) is 12.2 Å². The molecule has 4 nitrogen and oxygen atoms in total. The molecule has 0 saturated carbocycles. The molecule has 20 heavy (non-hydrogen) atoms. The summed E-state index contributed by atoms with van der Waals surface area (Å²) in [7, 11) is 0. The van der Waals surface area contributed by atoms with Crippen LogP contribution in [-0.2, 0) is 11.3 Å². The van der Waals surface area contributed by atoms with E-state index in [0.717, 1.165) is 39.1 Å². The zero-order valence-electron chi connectivity index (χ0n) is 11.6. The van der Waals surface area contributed by atoms with Crippen molar-refractivity contribution in [1.29, 1.82) is 0 Å². The first kappa shape index (κ1) is 15.0. The molecule has 0 spiro atoms. The monoisotopic (exact) mass is 291 g/mol. The van der Waals surface area contributed by atoms with Crippen LogP contribution in [-0.4, -0.2) is 47.9 Å². The smallest absolute Gasteiger partial charge is 0.240 e. The number of hydrogen-bond acceptors (Lipinski definition) is 4. The lowest BCUT2D eigenvalue weighted by atomic mass is 10.2. The molecule has 1 unspecified atom stereocenters. The van der Waals surface area contributed by atoms with Crippen molar-refractivity contribution in [3.8, 4) is 12.3 Å². The Morgan fingerprint density at radius 3 is 3.00 bits per heavy atom. The van der Waals surface area contributed by atoms with Gasteiger partial charge in [-0.15, -0.1) is 23.7 Å². The Kier molecular flexibility index (Phi) is 5.60. The summed E-state index contributed by atoms with van der Waals surface area (Å²) in [5, 5.41) is 2.10. The van der Waals surface area contributed by atoms with Gasteiger partial charge in [0.15, 0.2) is 0 Å². The van der Waals surface area contributed by atoms with E-state index in [0.29, 0.717) is 6.42 Å². The Morgan fingerprint density at radius 1 is 1.45 bits per heavy atom. The molecular weight excluding hydrogens is 270 g/mol. The molecule has 1 aliphatic rings. The normalized spacial score (nSPS) is 18.3. The fourth-order valence-corrected chi connectivity index (χ4v) is 3.17. The van der Waals surface area contributed by atoms with Crippen LogP contribution < -0.4 is 5.73 Å². The SMILES string of the molecule is C#CCC(N)C(=O)N1CCCN(Cc2cccs2)CC1. The third-order valence-electron chi connectivity index (χ3n) is 3.51. The molecule has 0 radical (unpaired) electrons. The van der Waals surface area contributed by atoms with Crippen LogP contribution in [0.1, 0.15) is 17.7 Å². The zero-order chi connectivity index (χ0) is 14.4. The molecule has 2 heterocycles. The Bertz CT molecular complexity index is 466. The molecule has 2 N–H and O–H groups in total. The first-order chi connectivity index (χ1) is 9.70. The summed E-state index contributed by atoms with van der Waals surface area (Å²) < 4.78 is 0. The molecule has 1 saturated heterocycles. The molecule has 0 aromatic carbocycles. The van der Waals surface area contributed by atoms with Crippen LogP contribution in [0.15, 0.2) is 17.5 Å². The van der Waals surface area contributed by atoms with Gasteiger partial charge in [-0.3, -0.25) is 9.69 Å². The molecule has 1 atom stereocenters. The van der Waals surface area contributed by atoms with Gasteiger partial charge >= 0.3 is 0 Å². The first-order valence-corrected chi connectivity index (χ1v) is 7.81. The Hall–Kier alpha value is -1.35. The van der Waals surface area contributed by atoms with E-state index in [-0.39, 0.29) is 5.91 Å². The van der Waals surface area contributed by atoms with Crippen molar-refractivity contribution >= 4 is 17.2 Å². The van der Waals surface area contributed by atoms with Crippen molar-refractivity contribution in [2.24, 2.45) is 5.73 Å². The minimum absolute atomic E-state index is 0.0130. The molecule has 1 amide bonds. The van der Waals surface area contributed by atoms with Gasteiger partial charge in [0.2, 0.25) is 5.91 Å². The number of carbonyl (C=O) groups excluding carboxylic acids is 1. The van der Waals surface area contributed by atoms with Gasteiger partial charge < -0.3 is 10.6 Å². The van der Waals surface area contributed by atoms with Crippen LogP contribution in [0.5, 0.6) is 0 Å². The van der Waals surface area contributed by atoms with Gasteiger partial charge in [-0.25, -0.2) is 0 Å². The van der Waals surface area contributed by atoms with Gasteiger partial charge in [0.1, 0.15) is 0 Å². The van der Waals surface area contributed by atoms with Crippen LogP contribution in [0, 0.1) is 12.3 Å². The van der Waals surface area contributed by atoms with E-state index in [2.05, 4.69) is 28.3 Å². The van der Waals surface area contributed by atoms with Crippen LogP contribution in [0.4, 0.5) is 0 Å². The van der Waals surface area contributed by atoms with Gasteiger partial charge in [-0.05, 0) is 17.9 Å². The number of carbonyl (C=O) groups is 1. The third kappa shape index (κ3) is 4.07. The average molecular weight is 291 g/mol. The summed E-state index contributed by atoms with van der Waals surface area (Å²) in [6.45, 7) is 4.40. The first-order valence-electron chi connectivity index (χ1n) is 6.93. The summed E-state index contributed by atoms with van der Waals surface area (Å²) in [5.74, 6) is 2.45. The summed E-state index contributed by atoms with van der Waals surface area (Å²) in [6, 6.07) is 3.68. The number of nitrogens with two attached hydrogens (primary N) is 1. The lowest BCUT2D eigenvalue weighted by Crippen LogP contribution is -2.45. The number of rotatable bonds is 4. The van der Waals surface area contributed by atoms with Crippen molar-refractivity contribution < 1.29 is 4.79 Å². The van der Waals surface area contributed by atoms with Gasteiger partial charge in [-0.1, -0.05) is 6.07 Å². The maximum Gasteiger partial charge on any atom is 0.240 e. The highest BCUT2D eigenvalue weighted by Gasteiger charge is 2.23. The van der Waals surface area contributed by atoms with E-state index < -0.39 is 6.04 Å². The van der Waals surface area contributed by atoms with Crippen LogP contribution in [0.3, 0.4) is 0 Å². The molecular formula is C15H21N3OS. The van der Waals surface area contributed by atoms with Crippen LogP contribution in [0.25, 0.3) is 0 Å². The van der Waals surface area contributed by atoms with E-state index >= 15 is 0 Å². The van der Waals surface area contributed by atoms with Crippen molar-refractivity contribution in [2.75, 3.05) is 26.2 Å². The highest BCUT2D eigenvalue weighted by Crippen LogP contribution is 2.14. The molecule has 2 rings (SSSR count). The summed E-state index contributed by atoms with van der Waals surface area (Å²) in [6.07, 6.45) is 6.52. The molecule has 1 aromatic heterocycles. The largest absolute Gasteiger partial charge is 0.340 e. The van der Waals surface area contributed by atoms with Crippen molar-refractivity contribution in [3.05, 3.63) is 22.4 Å². The molecule has 1 aromatic rings. The Labute approximate surface area is 124 Å². The van der Waals surface area contributed by atoms with Crippen molar-refractivity contribution in [3.63, 3.8) is 0 Å². The number of nitrogens with zero attached hydrogens (tertiary/aromatic N) is 2. The number of thiophene rings is 1. The highest BCUT2D eigenvalue weighted by atomic mass is 32.1. The standard InChI is InChI=1S/C15H21N3OS/c1-2-5-14(16)15(19)18-8-4-7-17(9-10-18)12-13-6-3-11-20-13/h1,3,6,11,14H,4-5,7-10,12,16H2. The van der Waals surface area contributed by atoms with Crippen molar-refractivity contribution in [2.45, 2.75) is 25.4 Å². The predicted octanol–water partition coefficient (Wildman–Crippen LogP) is 1.13. The van der Waals surface area contributed by atoms with Gasteiger partial charge in [0.05, 0.1) is 6.04 Å². The highest BCUT2D eigenvalue weighted by molar-refractivity contribution is 7.09. The maximum atomic E-state index is 12.2. The lowest BCUT2D eigenvalue weighted by molar-refractivity contribution is -0.132. The maximum absolute atomic E-state index is 12.2. The molecule has 1 fully saturated rings. The fraction of sp³-hybridized carbons (Fsp3) is 0.533. The van der Waals surface area contributed by atoms with Gasteiger partial charge in [0, 0.05) is 44.0 Å². The molecule has 1 aliphatic heterocycles. The Morgan fingerprint density at radius 2 is 2.30 bits per heavy atom. The number of amides is 1. The second-order valence-corrected chi connectivity index (χ2v) is 6.08. The quantitative estimate of drug-likeness (QED) is 0.846. The molecule has 0 bridgehead atoms. The third-order valence-corrected chi connectivity index (χ3v) is 4.38.